The van der Waals surface area contributed by atoms with E-state index in [4.69, 9.17) is 30.8 Å². The number of aliphatic hydroxyl groups is 1. The number of aromatic nitrogens is 4. The van der Waals surface area contributed by atoms with Crippen molar-refractivity contribution >= 4 is 58.4 Å². The van der Waals surface area contributed by atoms with Gasteiger partial charge < -0.3 is 45.2 Å². The number of unbranched alkanes of at least 4 members (excludes halogenated alkanes) is 1. The Morgan fingerprint density at radius 1 is 0.855 bits per heavy atom. The van der Waals surface area contributed by atoms with E-state index in [1.54, 1.807) is 12.1 Å². The lowest BCUT2D eigenvalue weighted by molar-refractivity contribution is -0.144. The van der Waals surface area contributed by atoms with E-state index in [1.807, 2.05) is 120 Å². The van der Waals surface area contributed by atoms with Crippen LogP contribution in [0.25, 0.3) is 11.4 Å². The van der Waals surface area contributed by atoms with E-state index < -0.39 is 41.5 Å². The number of β-amino-alcohol motifs (C(OH)–C–C–N with tert-alkyl or cyclic N) is 1. The minimum absolute atomic E-state index is 0.0103. The number of carbonyl (C=O) groups excluding carboxylic acids is 4. The Kier molecular flexibility index (Phi) is 18.0. The minimum atomic E-state index is -0.951. The molecule has 402 valence electrons. The number of nitrogens with zero attached hydrogens (tertiary/aromatic N) is 6. The van der Waals surface area contributed by atoms with Crippen LogP contribution in [0.15, 0.2) is 88.5 Å². The van der Waals surface area contributed by atoms with Crippen molar-refractivity contribution in [2.24, 2.45) is 15.4 Å². The fraction of sp³-hybridized carbons (Fsp3) is 0.439. The van der Waals surface area contributed by atoms with Crippen molar-refractivity contribution in [2.45, 2.75) is 118 Å². The molecule has 0 bridgehead atoms. The maximum Gasteiger partial charge on any atom is 0.246 e. The number of carbonyl (C=O) groups is 4. The number of aryl methyl sites for hydroxylation is 2. The van der Waals surface area contributed by atoms with E-state index in [0.29, 0.717) is 67.4 Å². The van der Waals surface area contributed by atoms with Crippen LogP contribution in [0.3, 0.4) is 0 Å². The van der Waals surface area contributed by atoms with E-state index >= 15 is 0 Å². The van der Waals surface area contributed by atoms with Gasteiger partial charge in [-0.3, -0.25) is 33.7 Å². The molecule has 1 fully saturated rings. The summed E-state index contributed by atoms with van der Waals surface area (Å²) in [5, 5.41) is 28.8. The van der Waals surface area contributed by atoms with Gasteiger partial charge in [-0.1, -0.05) is 68.8 Å². The van der Waals surface area contributed by atoms with Gasteiger partial charge in [0.2, 0.25) is 23.6 Å². The molecule has 76 heavy (non-hydrogen) atoms. The first kappa shape index (κ1) is 55.2. The first-order valence-corrected chi connectivity index (χ1v) is 26.3. The molecule has 3 aliphatic rings. The lowest BCUT2D eigenvalue weighted by Gasteiger charge is -2.35. The zero-order valence-electron chi connectivity index (χ0n) is 44.4. The van der Waals surface area contributed by atoms with Gasteiger partial charge in [-0.2, -0.15) is 0 Å². The largest absolute Gasteiger partial charge is 0.494 e. The number of fused-ring (bicyclic) bond motifs is 3. The first-order chi connectivity index (χ1) is 36.4. The number of hydrogen-bond acceptors (Lipinski definition) is 12. The van der Waals surface area contributed by atoms with Crippen LogP contribution in [0.5, 0.6) is 5.75 Å². The monoisotopic (exact) mass is 1060 g/mol. The molecule has 0 spiro atoms. The van der Waals surface area contributed by atoms with Crippen molar-refractivity contribution in [3.05, 3.63) is 129 Å². The fourth-order valence-electron chi connectivity index (χ4n) is 9.60. The number of likely N-dealkylation sites (tertiary alicyclic amines) is 1. The Bertz CT molecular complexity index is 2970. The number of H-pyrrole nitrogens is 1. The number of rotatable bonds is 22. The predicted octanol–water partition coefficient (Wildman–Crippen LogP) is 7.69. The Morgan fingerprint density at radius 3 is 2.25 bits per heavy atom. The number of ether oxygens (including phenoxy) is 3. The highest BCUT2D eigenvalue weighted by molar-refractivity contribution is 6.30. The summed E-state index contributed by atoms with van der Waals surface area (Å²) in [6, 6.07) is 20.2. The molecule has 2 unspecified atom stereocenters. The van der Waals surface area contributed by atoms with E-state index in [9.17, 15) is 24.3 Å². The Hall–Kier alpha value is -6.99. The SMILES string of the molecule is CC1=C(c2ccc(CNC(=O)[C@@H]3C[C@@H](O)CN3C(=O)C(NC(=O)COCCCCOCCCOc3ccc(NC(=O)CC4N=C(c5ccc(Cl)cc5)c5c([nH]c(C)c5C)-n5c(C)nnc54)cc3)C(C)(C)C)cc2)CC=N1. The average molecular weight is 1060 g/mol. The van der Waals surface area contributed by atoms with Crippen molar-refractivity contribution in [1.82, 2.24) is 35.3 Å². The molecule has 0 radical (unpaired) electrons. The molecule has 18 nitrogen and oxygen atoms in total. The molecule has 4 amide bonds. The summed E-state index contributed by atoms with van der Waals surface area (Å²) in [6.07, 6.45) is 4.02. The third-order valence-electron chi connectivity index (χ3n) is 13.8. The molecular formula is C57H69ClN10O8. The molecule has 4 atom stereocenters. The molecule has 5 N–H and O–H groups in total. The smallest absolute Gasteiger partial charge is 0.246 e. The van der Waals surface area contributed by atoms with Crippen molar-refractivity contribution in [3.63, 3.8) is 0 Å². The number of halogens is 1. The number of amides is 4. The number of hydrogen-bond donors (Lipinski definition) is 5. The topological polar surface area (TPSA) is 227 Å². The van der Waals surface area contributed by atoms with Gasteiger partial charge in [-0.15, -0.1) is 10.2 Å². The minimum Gasteiger partial charge on any atom is -0.494 e. The van der Waals surface area contributed by atoms with E-state index in [0.717, 1.165) is 63.6 Å². The highest BCUT2D eigenvalue weighted by Gasteiger charge is 2.44. The van der Waals surface area contributed by atoms with Gasteiger partial charge in [0.05, 0.1) is 24.8 Å². The van der Waals surface area contributed by atoms with Gasteiger partial charge in [0.15, 0.2) is 5.82 Å². The van der Waals surface area contributed by atoms with Crippen LogP contribution in [-0.2, 0) is 35.2 Å². The normalized spacial score (nSPS) is 17.5. The standard InChI is InChI=1S/C57H69ClN10O8/c1-34-35(2)61-54-50(34)51(40-15-17-41(58)18-16-40)63-46(53-66-65-37(4)68(53)54)30-48(70)62-42-19-21-44(22-20-42)76-28-10-27-74-25-8-9-26-75-33-49(71)64-52(57(5,6)7)56(73)67-32-43(69)29-47(67)55(72)60-31-38-11-13-39(14-12-38)45-23-24-59-36(45)3/h11-22,24,43,46-47,52,61,69H,8-10,23,25-33H2,1-7H3,(H,60,72)(H,62,70)(H,64,71)/t43-,46?,47+,52?/m1/s1. The molecule has 8 rings (SSSR count). The molecule has 5 heterocycles. The van der Waals surface area contributed by atoms with E-state index in [2.05, 4.69) is 36.1 Å². The number of anilines is 1. The summed E-state index contributed by atoms with van der Waals surface area (Å²) in [7, 11) is 0. The van der Waals surface area contributed by atoms with E-state index in [1.165, 1.54) is 10.5 Å². The highest BCUT2D eigenvalue weighted by atomic mass is 35.5. The van der Waals surface area contributed by atoms with Crippen LogP contribution >= 0.6 is 11.6 Å². The summed E-state index contributed by atoms with van der Waals surface area (Å²) in [6.45, 7) is 15.3. The highest BCUT2D eigenvalue weighted by Crippen LogP contribution is 2.36. The van der Waals surface area contributed by atoms with Crippen LogP contribution < -0.4 is 20.7 Å². The summed E-state index contributed by atoms with van der Waals surface area (Å²) in [4.78, 5) is 68.5. The van der Waals surface area contributed by atoms with Gasteiger partial charge in [0.1, 0.15) is 42.1 Å². The Morgan fingerprint density at radius 2 is 1.55 bits per heavy atom. The van der Waals surface area contributed by atoms with Crippen molar-refractivity contribution in [1.29, 1.82) is 0 Å². The number of aliphatic imine (C=N–C) groups is 2. The molecule has 3 aliphatic heterocycles. The third kappa shape index (κ3) is 13.5. The number of aromatic amines is 1. The summed E-state index contributed by atoms with van der Waals surface area (Å²) in [5.41, 5.74) is 8.69. The second kappa shape index (κ2) is 24.8. The van der Waals surface area contributed by atoms with Crippen LogP contribution in [0.2, 0.25) is 5.02 Å². The third-order valence-corrected chi connectivity index (χ3v) is 14.1. The number of nitrogens with one attached hydrogen (secondary N) is 4. The predicted molar refractivity (Wildman–Crippen MR) is 292 cm³/mol. The molecule has 19 heteroatoms. The summed E-state index contributed by atoms with van der Waals surface area (Å²) < 4.78 is 19.3. The molecule has 5 aromatic rings. The van der Waals surface area contributed by atoms with Gasteiger partial charge >= 0.3 is 0 Å². The van der Waals surface area contributed by atoms with Crippen molar-refractivity contribution in [3.8, 4) is 11.6 Å². The zero-order valence-corrected chi connectivity index (χ0v) is 45.1. The van der Waals surface area contributed by atoms with Gasteiger partial charge in [0.25, 0.3) is 0 Å². The van der Waals surface area contributed by atoms with E-state index in [-0.39, 0.29) is 44.4 Å². The van der Waals surface area contributed by atoms with Crippen LogP contribution in [0, 0.1) is 26.2 Å². The maximum atomic E-state index is 14.0. The number of aliphatic hydroxyl groups excluding tert-OH is 1. The molecular weight excluding hydrogens is 988 g/mol. The van der Waals surface area contributed by atoms with Gasteiger partial charge in [0, 0.05) is 91.6 Å². The van der Waals surface area contributed by atoms with Crippen LogP contribution in [0.4, 0.5) is 5.69 Å². The average Bonchev–Trinajstić information content (AvgIpc) is 4.17. The second-order valence-corrected chi connectivity index (χ2v) is 21.1. The van der Waals surface area contributed by atoms with Crippen LogP contribution in [-0.4, -0.2) is 123 Å². The second-order valence-electron chi connectivity index (χ2n) is 20.6. The number of allylic oxidation sites excluding steroid dienone is 2. The molecule has 1 saturated heterocycles. The fourth-order valence-corrected chi connectivity index (χ4v) is 9.72. The van der Waals surface area contributed by atoms with Gasteiger partial charge in [-0.05, 0) is 105 Å². The molecule has 2 aromatic heterocycles. The summed E-state index contributed by atoms with van der Waals surface area (Å²) >= 11 is 6.25. The molecule has 0 aliphatic carbocycles. The maximum absolute atomic E-state index is 14.0. The molecule has 3 aromatic carbocycles. The summed E-state index contributed by atoms with van der Waals surface area (Å²) in [5.74, 6) is 1.25. The quantitative estimate of drug-likeness (QED) is 0.0425. The Labute approximate surface area is 448 Å². The lowest BCUT2D eigenvalue weighted by atomic mass is 9.85. The molecule has 0 saturated carbocycles. The van der Waals surface area contributed by atoms with Gasteiger partial charge in [-0.25, -0.2) is 0 Å². The Balaban J connectivity index is 0.708. The zero-order chi connectivity index (χ0) is 54.1. The first-order valence-electron chi connectivity index (χ1n) is 26.0. The van der Waals surface area contributed by atoms with Crippen molar-refractivity contribution in [2.75, 3.05) is 44.9 Å². The number of benzene rings is 3. The van der Waals surface area contributed by atoms with Crippen molar-refractivity contribution < 1.29 is 38.5 Å². The van der Waals surface area contributed by atoms with Crippen LogP contribution in [0.1, 0.15) is 117 Å². The lowest BCUT2D eigenvalue weighted by Crippen LogP contribution is -2.58.